The van der Waals surface area contributed by atoms with Crippen LogP contribution >= 0.6 is 0 Å². The van der Waals surface area contributed by atoms with Gasteiger partial charge in [0.2, 0.25) is 0 Å². The average Bonchev–Trinajstić information content (AvgIpc) is 2.78. The van der Waals surface area contributed by atoms with E-state index < -0.39 is 11.9 Å². The number of aryl methyl sites for hydroxylation is 1. The van der Waals surface area contributed by atoms with Gasteiger partial charge in [-0.1, -0.05) is 19.3 Å². The van der Waals surface area contributed by atoms with Crippen molar-refractivity contribution in [3.8, 4) is 0 Å². The highest BCUT2D eigenvalue weighted by Gasteiger charge is 2.31. The molecule has 0 unspecified atom stereocenters. The highest BCUT2D eigenvalue weighted by molar-refractivity contribution is 5.95. The summed E-state index contributed by atoms with van der Waals surface area (Å²) in [7, 11) is 0. The lowest BCUT2D eigenvalue weighted by molar-refractivity contribution is -0.142. The molecule has 2 aromatic heterocycles. The summed E-state index contributed by atoms with van der Waals surface area (Å²) in [6.45, 7) is 1.87. The summed E-state index contributed by atoms with van der Waals surface area (Å²) in [4.78, 5) is 28.2. The van der Waals surface area contributed by atoms with Gasteiger partial charge in [0.25, 0.3) is 5.91 Å². The van der Waals surface area contributed by atoms with Crippen molar-refractivity contribution in [3.05, 3.63) is 29.7 Å². The maximum absolute atomic E-state index is 12.4. The maximum Gasteiger partial charge on any atom is 0.308 e. The predicted molar refractivity (Wildman–Crippen MR) is 84.2 cm³/mol. The Morgan fingerprint density at radius 1 is 1.26 bits per heavy atom. The van der Waals surface area contributed by atoms with Gasteiger partial charge in [-0.25, -0.2) is 4.98 Å². The largest absolute Gasteiger partial charge is 0.481 e. The van der Waals surface area contributed by atoms with Crippen LogP contribution < -0.4 is 5.32 Å². The Hall–Kier alpha value is -2.37. The molecular weight excluding hydrogens is 296 g/mol. The number of rotatable bonds is 3. The second kappa shape index (κ2) is 6.40. The topological polar surface area (TPSA) is 92.4 Å². The molecule has 2 heterocycles. The lowest BCUT2D eigenvalue weighted by Gasteiger charge is -2.22. The minimum atomic E-state index is -0.848. The van der Waals surface area contributed by atoms with E-state index in [1.54, 1.807) is 12.1 Å². The van der Waals surface area contributed by atoms with E-state index in [0.29, 0.717) is 23.9 Å². The highest BCUT2D eigenvalue weighted by Crippen LogP contribution is 2.25. The molecule has 23 heavy (non-hydrogen) atoms. The van der Waals surface area contributed by atoms with Gasteiger partial charge in [-0.3, -0.25) is 9.59 Å². The van der Waals surface area contributed by atoms with Crippen molar-refractivity contribution in [2.75, 3.05) is 0 Å². The zero-order valence-electron chi connectivity index (χ0n) is 13.0. The summed E-state index contributed by atoms with van der Waals surface area (Å²) in [6, 6.07) is 4.84. The first-order chi connectivity index (χ1) is 11.0. The second-order valence-electron chi connectivity index (χ2n) is 6.11. The quantitative estimate of drug-likeness (QED) is 0.849. The molecule has 0 spiro atoms. The molecule has 1 fully saturated rings. The van der Waals surface area contributed by atoms with Crippen LogP contribution in [-0.2, 0) is 4.79 Å². The molecule has 1 aliphatic rings. The third kappa shape index (κ3) is 3.36. The van der Waals surface area contributed by atoms with Gasteiger partial charge >= 0.3 is 5.97 Å². The summed E-state index contributed by atoms with van der Waals surface area (Å²) in [5, 5.41) is 12.2. The van der Waals surface area contributed by atoms with Crippen LogP contribution in [0.3, 0.4) is 0 Å². The first-order valence-electron chi connectivity index (χ1n) is 7.95. The van der Waals surface area contributed by atoms with Crippen LogP contribution in [0.4, 0.5) is 0 Å². The van der Waals surface area contributed by atoms with Crippen LogP contribution in [0.15, 0.2) is 22.6 Å². The number of carboxylic acid groups (broad SMARTS) is 1. The van der Waals surface area contributed by atoms with Crippen molar-refractivity contribution in [1.29, 1.82) is 0 Å². The molecule has 0 radical (unpaired) electrons. The summed E-state index contributed by atoms with van der Waals surface area (Å²) in [6.07, 6.45) is 4.10. The fraction of sp³-hybridized carbons (Fsp3) is 0.471. The Kier molecular flexibility index (Phi) is 4.32. The van der Waals surface area contributed by atoms with Crippen LogP contribution in [-0.4, -0.2) is 28.0 Å². The molecule has 2 aromatic rings. The Morgan fingerprint density at radius 3 is 2.83 bits per heavy atom. The molecule has 1 aliphatic carbocycles. The smallest absolute Gasteiger partial charge is 0.308 e. The van der Waals surface area contributed by atoms with E-state index in [4.69, 9.17) is 4.42 Å². The number of hydrogen-bond acceptors (Lipinski definition) is 4. The number of aromatic nitrogens is 1. The summed E-state index contributed by atoms with van der Waals surface area (Å²) >= 11 is 0. The zero-order chi connectivity index (χ0) is 16.4. The lowest BCUT2D eigenvalue weighted by Crippen LogP contribution is -2.42. The molecule has 1 saturated carbocycles. The lowest BCUT2D eigenvalue weighted by atomic mass is 9.95. The van der Waals surface area contributed by atoms with Gasteiger partial charge in [-0.2, -0.15) is 0 Å². The Labute approximate surface area is 133 Å². The fourth-order valence-corrected chi connectivity index (χ4v) is 3.15. The SMILES string of the molecule is Cc1ccc2oc(C(=O)N[C@H]3CCCCC[C@H]3C(=O)O)cc2n1. The van der Waals surface area contributed by atoms with Crippen molar-refractivity contribution < 1.29 is 19.1 Å². The summed E-state index contributed by atoms with van der Waals surface area (Å²) in [5.41, 5.74) is 2.03. The summed E-state index contributed by atoms with van der Waals surface area (Å²) in [5.74, 6) is -1.59. The third-order valence-corrected chi connectivity index (χ3v) is 4.39. The molecule has 122 valence electrons. The van der Waals surface area contributed by atoms with E-state index in [1.165, 1.54) is 0 Å². The molecular formula is C17H20N2O4. The molecule has 6 nitrogen and oxygen atoms in total. The van der Waals surface area contributed by atoms with Gasteiger partial charge in [0.1, 0.15) is 5.52 Å². The number of nitrogens with one attached hydrogen (secondary N) is 1. The van der Waals surface area contributed by atoms with Gasteiger partial charge in [0.05, 0.1) is 5.92 Å². The third-order valence-electron chi connectivity index (χ3n) is 4.39. The van der Waals surface area contributed by atoms with Crippen molar-refractivity contribution in [3.63, 3.8) is 0 Å². The Balaban J connectivity index is 1.79. The molecule has 6 heteroatoms. The number of carboxylic acids is 1. The van der Waals surface area contributed by atoms with Crippen LogP contribution in [0, 0.1) is 12.8 Å². The van der Waals surface area contributed by atoms with Crippen molar-refractivity contribution in [2.45, 2.75) is 45.1 Å². The van der Waals surface area contributed by atoms with E-state index in [0.717, 1.165) is 25.0 Å². The van der Waals surface area contributed by atoms with Gasteiger partial charge in [0, 0.05) is 17.8 Å². The first-order valence-corrected chi connectivity index (χ1v) is 7.95. The van der Waals surface area contributed by atoms with Crippen LogP contribution in [0.1, 0.15) is 48.4 Å². The molecule has 0 saturated heterocycles. The standard InChI is InChI=1S/C17H20N2O4/c1-10-7-8-14-13(18-10)9-15(23-14)16(20)19-12-6-4-2-3-5-11(12)17(21)22/h7-9,11-12H,2-6H2,1H3,(H,19,20)(H,21,22)/t11-,12+/m1/s1. The monoisotopic (exact) mass is 316 g/mol. The van der Waals surface area contributed by atoms with E-state index in [-0.39, 0.29) is 17.7 Å². The van der Waals surface area contributed by atoms with Crippen molar-refractivity contribution in [1.82, 2.24) is 10.3 Å². The second-order valence-corrected chi connectivity index (χ2v) is 6.11. The molecule has 3 rings (SSSR count). The maximum atomic E-state index is 12.4. The van der Waals surface area contributed by atoms with Gasteiger partial charge in [-0.05, 0) is 31.9 Å². The number of amides is 1. The molecule has 0 aromatic carbocycles. The average molecular weight is 316 g/mol. The predicted octanol–water partition coefficient (Wildman–Crippen LogP) is 2.90. The number of furan rings is 1. The number of carbonyl (C=O) groups excluding carboxylic acids is 1. The van der Waals surface area contributed by atoms with E-state index >= 15 is 0 Å². The summed E-state index contributed by atoms with van der Waals surface area (Å²) < 4.78 is 5.53. The number of nitrogens with zero attached hydrogens (tertiary/aromatic N) is 1. The van der Waals surface area contributed by atoms with Crippen LogP contribution in [0.5, 0.6) is 0 Å². The highest BCUT2D eigenvalue weighted by atomic mass is 16.4. The van der Waals surface area contributed by atoms with E-state index in [9.17, 15) is 14.7 Å². The Morgan fingerprint density at radius 2 is 2.04 bits per heavy atom. The van der Waals surface area contributed by atoms with Gasteiger partial charge in [-0.15, -0.1) is 0 Å². The number of carbonyl (C=O) groups is 2. The first kappa shape index (κ1) is 15.5. The normalized spacial score (nSPS) is 21.8. The van der Waals surface area contributed by atoms with Crippen molar-refractivity contribution >= 4 is 23.0 Å². The number of hydrogen-bond donors (Lipinski definition) is 2. The minimum Gasteiger partial charge on any atom is -0.481 e. The number of fused-ring (bicyclic) bond motifs is 1. The van der Waals surface area contributed by atoms with E-state index in [1.807, 2.05) is 13.0 Å². The fourth-order valence-electron chi connectivity index (χ4n) is 3.15. The molecule has 0 aliphatic heterocycles. The van der Waals surface area contributed by atoms with Gasteiger partial charge in [0.15, 0.2) is 11.3 Å². The van der Waals surface area contributed by atoms with Gasteiger partial charge < -0.3 is 14.8 Å². The zero-order valence-corrected chi connectivity index (χ0v) is 13.0. The van der Waals surface area contributed by atoms with Crippen LogP contribution in [0.25, 0.3) is 11.1 Å². The number of aliphatic carboxylic acids is 1. The number of pyridine rings is 1. The molecule has 2 N–H and O–H groups in total. The molecule has 1 amide bonds. The van der Waals surface area contributed by atoms with E-state index in [2.05, 4.69) is 10.3 Å². The molecule has 2 atom stereocenters. The minimum absolute atomic E-state index is 0.173. The van der Waals surface area contributed by atoms with Crippen molar-refractivity contribution in [2.24, 2.45) is 5.92 Å². The van der Waals surface area contributed by atoms with Crippen LogP contribution in [0.2, 0.25) is 0 Å². The Bertz CT molecular complexity index is 737. The molecule has 0 bridgehead atoms.